The van der Waals surface area contributed by atoms with E-state index >= 15 is 0 Å². The van der Waals surface area contributed by atoms with Crippen LogP contribution < -0.4 is 5.73 Å². The fraction of sp³-hybridized carbons (Fsp3) is 0.562. The summed E-state index contributed by atoms with van der Waals surface area (Å²) < 4.78 is 0. The molecule has 1 aliphatic rings. The summed E-state index contributed by atoms with van der Waals surface area (Å²) in [5.41, 5.74) is 6.93. The van der Waals surface area contributed by atoms with Crippen LogP contribution in [0.1, 0.15) is 25.3 Å². The fourth-order valence-corrected chi connectivity index (χ4v) is 2.75. The van der Waals surface area contributed by atoms with E-state index in [4.69, 9.17) is 5.73 Å². The van der Waals surface area contributed by atoms with E-state index in [1.165, 1.54) is 5.56 Å². The quantitative estimate of drug-likeness (QED) is 0.855. The van der Waals surface area contributed by atoms with Crippen LogP contribution in [-0.4, -0.2) is 47.9 Å². The van der Waals surface area contributed by atoms with Gasteiger partial charge in [-0.3, -0.25) is 9.69 Å². The molecule has 0 aromatic heterocycles. The van der Waals surface area contributed by atoms with Crippen molar-refractivity contribution >= 4 is 5.91 Å². The SMILES string of the molecule is CC(C(=O)N1CCCC1)N(CCN)Cc1ccccc1. The molecule has 0 bridgehead atoms. The van der Waals surface area contributed by atoms with E-state index in [1.54, 1.807) is 0 Å². The summed E-state index contributed by atoms with van der Waals surface area (Å²) in [5, 5.41) is 0. The molecule has 1 aliphatic heterocycles. The van der Waals surface area contributed by atoms with Crippen LogP contribution in [0.15, 0.2) is 30.3 Å². The maximum atomic E-state index is 12.5. The minimum Gasteiger partial charge on any atom is -0.341 e. The third-order valence-electron chi connectivity index (χ3n) is 3.97. The van der Waals surface area contributed by atoms with Crippen molar-refractivity contribution in [2.45, 2.75) is 32.4 Å². The topological polar surface area (TPSA) is 49.6 Å². The van der Waals surface area contributed by atoms with Crippen LogP contribution in [0.2, 0.25) is 0 Å². The lowest BCUT2D eigenvalue weighted by atomic mass is 10.1. The zero-order valence-electron chi connectivity index (χ0n) is 12.3. The highest BCUT2D eigenvalue weighted by molar-refractivity contribution is 5.81. The largest absolute Gasteiger partial charge is 0.341 e. The van der Waals surface area contributed by atoms with Crippen molar-refractivity contribution in [2.24, 2.45) is 5.73 Å². The van der Waals surface area contributed by atoms with Gasteiger partial charge in [-0.05, 0) is 25.3 Å². The van der Waals surface area contributed by atoms with Gasteiger partial charge in [0.05, 0.1) is 6.04 Å². The first kappa shape index (κ1) is 15.0. The predicted octanol–water partition coefficient (Wildman–Crippen LogP) is 1.46. The van der Waals surface area contributed by atoms with Gasteiger partial charge in [-0.1, -0.05) is 30.3 Å². The van der Waals surface area contributed by atoms with E-state index in [1.807, 2.05) is 30.0 Å². The van der Waals surface area contributed by atoms with Gasteiger partial charge in [0.1, 0.15) is 0 Å². The molecule has 0 aliphatic carbocycles. The van der Waals surface area contributed by atoms with Gasteiger partial charge < -0.3 is 10.6 Å². The smallest absolute Gasteiger partial charge is 0.239 e. The number of likely N-dealkylation sites (tertiary alicyclic amines) is 1. The highest BCUT2D eigenvalue weighted by Crippen LogP contribution is 2.14. The average molecular weight is 275 g/mol. The monoisotopic (exact) mass is 275 g/mol. The van der Waals surface area contributed by atoms with E-state index in [9.17, 15) is 4.79 Å². The fourth-order valence-electron chi connectivity index (χ4n) is 2.75. The van der Waals surface area contributed by atoms with Crippen molar-refractivity contribution in [3.63, 3.8) is 0 Å². The van der Waals surface area contributed by atoms with Crippen LogP contribution in [0.3, 0.4) is 0 Å². The summed E-state index contributed by atoms with van der Waals surface area (Å²) in [4.78, 5) is 16.7. The van der Waals surface area contributed by atoms with Gasteiger partial charge in [0.25, 0.3) is 0 Å². The standard InChI is InChI=1S/C16H25N3O/c1-14(16(20)18-10-5-6-11-18)19(12-9-17)13-15-7-3-2-4-8-15/h2-4,7-8,14H,5-6,9-13,17H2,1H3. The van der Waals surface area contributed by atoms with E-state index in [2.05, 4.69) is 17.0 Å². The van der Waals surface area contributed by atoms with E-state index < -0.39 is 0 Å². The normalized spacial score (nSPS) is 16.6. The maximum absolute atomic E-state index is 12.5. The number of carbonyl (C=O) groups is 1. The molecular weight excluding hydrogens is 250 g/mol. The van der Waals surface area contributed by atoms with Gasteiger partial charge in [-0.15, -0.1) is 0 Å². The predicted molar refractivity (Wildman–Crippen MR) is 81.2 cm³/mol. The Kier molecular flexibility index (Phi) is 5.56. The Labute approximate surface area is 121 Å². The van der Waals surface area contributed by atoms with Crippen LogP contribution in [0.25, 0.3) is 0 Å². The number of hydrogen-bond donors (Lipinski definition) is 1. The molecule has 1 atom stereocenters. The molecule has 2 rings (SSSR count). The zero-order chi connectivity index (χ0) is 14.4. The molecule has 110 valence electrons. The number of hydrogen-bond acceptors (Lipinski definition) is 3. The molecule has 0 radical (unpaired) electrons. The van der Waals surface area contributed by atoms with E-state index in [-0.39, 0.29) is 11.9 Å². The summed E-state index contributed by atoms with van der Waals surface area (Å²) in [6, 6.07) is 10.2. The van der Waals surface area contributed by atoms with Crippen LogP contribution in [-0.2, 0) is 11.3 Å². The maximum Gasteiger partial charge on any atom is 0.239 e. The number of rotatable bonds is 6. The Morgan fingerprint density at radius 3 is 2.55 bits per heavy atom. The molecule has 4 nitrogen and oxygen atoms in total. The molecule has 1 amide bonds. The van der Waals surface area contributed by atoms with Gasteiger partial charge in [0.2, 0.25) is 5.91 Å². The van der Waals surface area contributed by atoms with Crippen molar-refractivity contribution in [1.82, 2.24) is 9.80 Å². The minimum atomic E-state index is -0.100. The van der Waals surface area contributed by atoms with E-state index in [0.29, 0.717) is 6.54 Å². The highest BCUT2D eigenvalue weighted by atomic mass is 16.2. The Morgan fingerprint density at radius 2 is 1.95 bits per heavy atom. The third-order valence-corrected chi connectivity index (χ3v) is 3.97. The van der Waals surface area contributed by atoms with Crippen molar-refractivity contribution in [3.05, 3.63) is 35.9 Å². The molecule has 0 saturated carbocycles. The molecule has 0 spiro atoms. The first-order valence-corrected chi connectivity index (χ1v) is 7.49. The lowest BCUT2D eigenvalue weighted by Crippen LogP contribution is -2.47. The van der Waals surface area contributed by atoms with Gasteiger partial charge in [0, 0.05) is 32.7 Å². The summed E-state index contributed by atoms with van der Waals surface area (Å²) in [7, 11) is 0. The Hall–Kier alpha value is -1.39. The first-order chi connectivity index (χ1) is 9.72. The second kappa shape index (κ2) is 7.41. The Balaban J connectivity index is 2.01. The molecule has 2 N–H and O–H groups in total. The summed E-state index contributed by atoms with van der Waals surface area (Å²) in [5.74, 6) is 0.242. The third kappa shape index (κ3) is 3.81. The number of nitrogens with zero attached hydrogens (tertiary/aromatic N) is 2. The van der Waals surface area contributed by atoms with Gasteiger partial charge >= 0.3 is 0 Å². The van der Waals surface area contributed by atoms with Crippen LogP contribution in [0, 0.1) is 0 Å². The summed E-state index contributed by atoms with van der Waals surface area (Å²) in [6.07, 6.45) is 2.27. The first-order valence-electron chi connectivity index (χ1n) is 7.49. The highest BCUT2D eigenvalue weighted by Gasteiger charge is 2.27. The lowest BCUT2D eigenvalue weighted by molar-refractivity contribution is -0.135. The Bertz CT molecular complexity index is 415. The molecule has 1 aromatic carbocycles. The summed E-state index contributed by atoms with van der Waals surface area (Å²) >= 11 is 0. The number of nitrogens with two attached hydrogens (primary N) is 1. The summed E-state index contributed by atoms with van der Waals surface area (Å²) in [6.45, 7) is 5.91. The molecule has 1 heterocycles. The molecule has 1 aromatic rings. The molecule has 1 fully saturated rings. The molecule has 1 unspecified atom stereocenters. The van der Waals surface area contributed by atoms with Crippen LogP contribution in [0.4, 0.5) is 0 Å². The Morgan fingerprint density at radius 1 is 1.30 bits per heavy atom. The average Bonchev–Trinajstić information content (AvgIpc) is 3.00. The second-order valence-electron chi connectivity index (χ2n) is 5.45. The van der Waals surface area contributed by atoms with Crippen molar-refractivity contribution in [2.75, 3.05) is 26.2 Å². The second-order valence-corrected chi connectivity index (χ2v) is 5.45. The lowest BCUT2D eigenvalue weighted by Gasteiger charge is -2.30. The number of carbonyl (C=O) groups excluding carboxylic acids is 1. The molecule has 4 heteroatoms. The zero-order valence-corrected chi connectivity index (χ0v) is 12.3. The number of amides is 1. The van der Waals surface area contributed by atoms with Crippen molar-refractivity contribution < 1.29 is 4.79 Å². The molecular formula is C16H25N3O. The van der Waals surface area contributed by atoms with E-state index in [0.717, 1.165) is 39.0 Å². The van der Waals surface area contributed by atoms with Gasteiger partial charge in [-0.2, -0.15) is 0 Å². The van der Waals surface area contributed by atoms with Gasteiger partial charge in [-0.25, -0.2) is 0 Å². The minimum absolute atomic E-state index is 0.100. The van der Waals surface area contributed by atoms with Gasteiger partial charge in [0.15, 0.2) is 0 Å². The van der Waals surface area contributed by atoms with Crippen molar-refractivity contribution in [1.29, 1.82) is 0 Å². The van der Waals surface area contributed by atoms with Crippen LogP contribution >= 0.6 is 0 Å². The number of benzene rings is 1. The molecule has 1 saturated heterocycles. The van der Waals surface area contributed by atoms with Crippen molar-refractivity contribution in [3.8, 4) is 0 Å². The molecule has 20 heavy (non-hydrogen) atoms. The van der Waals surface area contributed by atoms with Crippen LogP contribution in [0.5, 0.6) is 0 Å².